The van der Waals surface area contributed by atoms with E-state index < -0.39 is 0 Å². The molecule has 0 aromatic rings. The Bertz CT molecular complexity index is 163. The van der Waals surface area contributed by atoms with Crippen molar-refractivity contribution in [2.75, 3.05) is 0 Å². The zero-order valence-electron chi connectivity index (χ0n) is 10.3. The van der Waals surface area contributed by atoms with Gasteiger partial charge in [-0.25, -0.2) is 0 Å². The first-order valence-corrected chi connectivity index (χ1v) is 5.74. The average Bonchev–Trinajstić information content (AvgIpc) is 2.34. The van der Waals surface area contributed by atoms with Crippen molar-refractivity contribution in [1.29, 1.82) is 0 Å². The quantitative estimate of drug-likeness (QED) is 0.534. The van der Waals surface area contributed by atoms with Crippen molar-refractivity contribution in [2.45, 2.75) is 47.0 Å². The van der Waals surface area contributed by atoms with Crippen molar-refractivity contribution < 1.29 is 0 Å². The van der Waals surface area contributed by atoms with Gasteiger partial charge in [0.1, 0.15) is 0 Å². The van der Waals surface area contributed by atoms with Gasteiger partial charge in [0.2, 0.25) is 0 Å². The minimum Gasteiger partial charge on any atom is -0.106 e. The van der Waals surface area contributed by atoms with Gasteiger partial charge in [-0.1, -0.05) is 51.5 Å². The lowest BCUT2D eigenvalue weighted by Gasteiger charge is -2.12. The van der Waals surface area contributed by atoms with E-state index in [1.807, 2.05) is 13.8 Å². The molecule has 0 saturated heterocycles. The molecule has 82 valence electrons. The minimum absolute atomic E-state index is 0.815. The Kier molecular flexibility index (Phi) is 13.7. The van der Waals surface area contributed by atoms with Gasteiger partial charge in [0.15, 0.2) is 0 Å². The molecule has 0 heterocycles. The Labute approximate surface area is 90.4 Å². The fourth-order valence-corrected chi connectivity index (χ4v) is 1.27. The van der Waals surface area contributed by atoms with Crippen LogP contribution in [-0.2, 0) is 0 Å². The summed E-state index contributed by atoms with van der Waals surface area (Å²) in [4.78, 5) is 0. The third-order valence-electron chi connectivity index (χ3n) is 2.20. The second-order valence-electron chi connectivity index (χ2n) is 2.90. The van der Waals surface area contributed by atoms with Crippen LogP contribution in [0.25, 0.3) is 0 Å². The summed E-state index contributed by atoms with van der Waals surface area (Å²) in [7, 11) is 0. The fourth-order valence-electron chi connectivity index (χ4n) is 1.27. The van der Waals surface area contributed by atoms with Crippen molar-refractivity contribution in [1.82, 2.24) is 0 Å². The van der Waals surface area contributed by atoms with Gasteiger partial charge in [0.05, 0.1) is 0 Å². The molecule has 0 heteroatoms. The van der Waals surface area contributed by atoms with Gasteiger partial charge >= 0.3 is 0 Å². The second-order valence-corrected chi connectivity index (χ2v) is 2.90. The lowest BCUT2D eigenvalue weighted by Crippen LogP contribution is -1.96. The Morgan fingerprint density at radius 3 is 2.14 bits per heavy atom. The molecule has 0 saturated carbocycles. The molecule has 14 heavy (non-hydrogen) atoms. The Balaban J connectivity index is 0. The molecule has 0 radical (unpaired) electrons. The molecule has 0 aromatic heterocycles. The predicted molar refractivity (Wildman–Crippen MR) is 68.5 cm³/mol. The highest BCUT2D eigenvalue weighted by molar-refractivity contribution is 5.22. The molecule has 1 atom stereocenters. The summed E-state index contributed by atoms with van der Waals surface area (Å²) < 4.78 is 0. The zero-order chi connectivity index (χ0) is 11.4. The van der Waals surface area contributed by atoms with Gasteiger partial charge in [-0.05, 0) is 25.2 Å². The van der Waals surface area contributed by atoms with Crippen LogP contribution in [0, 0.1) is 5.92 Å². The summed E-state index contributed by atoms with van der Waals surface area (Å²) in [5.41, 5.74) is 1.50. The Morgan fingerprint density at radius 2 is 1.86 bits per heavy atom. The first kappa shape index (κ1) is 15.7. The van der Waals surface area contributed by atoms with Gasteiger partial charge in [0, 0.05) is 0 Å². The number of allylic oxidation sites excluding steroid dienone is 4. The molecular formula is C14H26. The third-order valence-corrected chi connectivity index (χ3v) is 2.20. The topological polar surface area (TPSA) is 0 Å². The largest absolute Gasteiger partial charge is 0.106 e. The van der Waals surface area contributed by atoms with Gasteiger partial charge in [-0.15, -0.1) is 13.2 Å². The summed E-state index contributed by atoms with van der Waals surface area (Å²) >= 11 is 0. The smallest absolute Gasteiger partial charge is 0.0198 e. The maximum atomic E-state index is 3.00. The zero-order valence-corrected chi connectivity index (χ0v) is 10.3. The van der Waals surface area contributed by atoms with Crippen LogP contribution in [0.15, 0.2) is 37.0 Å². The highest BCUT2D eigenvalue weighted by Crippen LogP contribution is 2.20. The average molecular weight is 194 g/mol. The van der Waals surface area contributed by atoms with E-state index in [0.29, 0.717) is 0 Å². The molecule has 1 unspecified atom stereocenters. The molecule has 1 aliphatic rings. The molecule has 1 aliphatic carbocycles. The number of rotatable bonds is 2. The van der Waals surface area contributed by atoms with E-state index in [1.54, 1.807) is 0 Å². The standard InChI is InChI=1S/C10H16.C2H6.C2H4/c1-3-9-5-7-10(4-2)8-6-9;2*1-2/h5-7,10H,3-4,8H2,1-2H3;1-2H3;1-2H2. The number of hydrogen-bond acceptors (Lipinski definition) is 0. The predicted octanol–water partition coefficient (Wildman–Crippen LogP) is 5.14. The van der Waals surface area contributed by atoms with E-state index >= 15 is 0 Å². The van der Waals surface area contributed by atoms with Crippen molar-refractivity contribution in [2.24, 2.45) is 5.92 Å². The van der Waals surface area contributed by atoms with Crippen LogP contribution < -0.4 is 0 Å². The highest BCUT2D eigenvalue weighted by atomic mass is 14.1. The van der Waals surface area contributed by atoms with Gasteiger partial charge in [0.25, 0.3) is 0 Å². The molecule has 0 fully saturated rings. The molecule has 0 spiro atoms. The molecule has 0 N–H and O–H groups in total. The number of hydrogen-bond donors (Lipinski definition) is 0. The highest BCUT2D eigenvalue weighted by Gasteiger charge is 2.03. The Morgan fingerprint density at radius 1 is 1.29 bits per heavy atom. The monoisotopic (exact) mass is 194 g/mol. The molecule has 0 amide bonds. The van der Waals surface area contributed by atoms with E-state index in [1.165, 1.54) is 24.8 Å². The van der Waals surface area contributed by atoms with E-state index in [-0.39, 0.29) is 0 Å². The summed E-state index contributed by atoms with van der Waals surface area (Å²) in [6, 6.07) is 0. The fraction of sp³-hybridized carbons (Fsp3) is 0.571. The summed E-state index contributed by atoms with van der Waals surface area (Å²) in [6.07, 6.45) is 10.7. The van der Waals surface area contributed by atoms with Crippen molar-refractivity contribution in [3.8, 4) is 0 Å². The van der Waals surface area contributed by atoms with Crippen molar-refractivity contribution >= 4 is 0 Å². The van der Waals surface area contributed by atoms with E-state index in [2.05, 4.69) is 45.2 Å². The van der Waals surface area contributed by atoms with E-state index in [4.69, 9.17) is 0 Å². The van der Waals surface area contributed by atoms with Crippen LogP contribution in [0.5, 0.6) is 0 Å². The van der Waals surface area contributed by atoms with Crippen LogP contribution in [0.3, 0.4) is 0 Å². The third kappa shape index (κ3) is 6.71. The maximum Gasteiger partial charge on any atom is -0.0198 e. The first-order valence-electron chi connectivity index (χ1n) is 5.74. The van der Waals surface area contributed by atoms with Gasteiger partial charge in [-0.2, -0.15) is 0 Å². The summed E-state index contributed by atoms with van der Waals surface area (Å²) in [5.74, 6) is 0.815. The van der Waals surface area contributed by atoms with Gasteiger partial charge < -0.3 is 0 Å². The minimum atomic E-state index is 0.815. The molecular weight excluding hydrogens is 168 g/mol. The second kappa shape index (κ2) is 12.2. The summed E-state index contributed by atoms with van der Waals surface area (Å²) in [5, 5.41) is 0. The normalized spacial score (nSPS) is 18.3. The Hall–Kier alpha value is -0.780. The van der Waals surface area contributed by atoms with Crippen LogP contribution in [0.4, 0.5) is 0 Å². The van der Waals surface area contributed by atoms with Crippen molar-refractivity contribution in [3.05, 3.63) is 37.0 Å². The molecule has 0 nitrogen and oxygen atoms in total. The molecule has 0 aromatic carbocycles. The van der Waals surface area contributed by atoms with Crippen LogP contribution in [0.2, 0.25) is 0 Å². The van der Waals surface area contributed by atoms with Crippen LogP contribution in [0.1, 0.15) is 47.0 Å². The molecule has 1 rings (SSSR count). The van der Waals surface area contributed by atoms with Crippen LogP contribution in [-0.4, -0.2) is 0 Å². The first-order chi connectivity index (χ1) is 6.86. The molecule has 0 bridgehead atoms. The molecule has 0 aliphatic heterocycles. The lowest BCUT2D eigenvalue weighted by molar-refractivity contribution is 0.627. The maximum absolute atomic E-state index is 3.00. The van der Waals surface area contributed by atoms with Crippen LogP contribution >= 0.6 is 0 Å². The lowest BCUT2D eigenvalue weighted by atomic mass is 9.94. The van der Waals surface area contributed by atoms with E-state index in [9.17, 15) is 0 Å². The SMILES string of the molecule is C=C.CC.CCC1=CCC(CC)C=C1. The van der Waals surface area contributed by atoms with E-state index in [0.717, 1.165) is 5.92 Å². The summed E-state index contributed by atoms with van der Waals surface area (Å²) in [6.45, 7) is 14.5. The van der Waals surface area contributed by atoms with Crippen molar-refractivity contribution in [3.63, 3.8) is 0 Å². The van der Waals surface area contributed by atoms with Gasteiger partial charge in [-0.3, -0.25) is 0 Å².